The Morgan fingerprint density at radius 3 is 2.79 bits per heavy atom. The maximum Gasteiger partial charge on any atom is 0.289 e. The Morgan fingerprint density at radius 2 is 2.36 bits per heavy atom. The molecule has 1 amide bonds. The molecule has 1 rings (SSSR count). The van der Waals surface area contributed by atoms with Crippen LogP contribution in [-0.2, 0) is 0 Å². The number of rotatable bonds is 3. The minimum absolute atomic E-state index is 0.173. The van der Waals surface area contributed by atoms with Crippen LogP contribution in [0.1, 0.15) is 30.1 Å². The molecule has 5 heteroatoms. The van der Waals surface area contributed by atoms with Gasteiger partial charge in [-0.2, -0.15) is 0 Å². The number of aromatic nitrogens is 1. The molecule has 0 bridgehead atoms. The predicted octanol–water partition coefficient (Wildman–Crippen LogP) is 0.484. The van der Waals surface area contributed by atoms with E-state index in [1.807, 2.05) is 0 Å². The Hall–Kier alpha value is -1.36. The highest BCUT2D eigenvalue weighted by atomic mass is 16.3. The highest BCUT2D eigenvalue weighted by Gasteiger charge is 2.18. The van der Waals surface area contributed by atoms with E-state index in [2.05, 4.69) is 10.3 Å². The van der Waals surface area contributed by atoms with E-state index in [0.717, 1.165) is 0 Å². The van der Waals surface area contributed by atoms with Gasteiger partial charge in [-0.15, -0.1) is 0 Å². The molecule has 1 aromatic heterocycles. The van der Waals surface area contributed by atoms with Crippen molar-refractivity contribution < 1.29 is 14.3 Å². The first-order chi connectivity index (χ1) is 6.40. The zero-order valence-electron chi connectivity index (χ0n) is 8.50. The molecular formula is C9H14N2O3. The van der Waals surface area contributed by atoms with Gasteiger partial charge in [0.15, 0.2) is 6.39 Å². The smallest absolute Gasteiger partial charge is 0.289 e. The summed E-state index contributed by atoms with van der Waals surface area (Å²) in [4.78, 5) is 15.2. The van der Waals surface area contributed by atoms with Crippen molar-refractivity contribution in [3.63, 3.8) is 0 Å². The molecule has 0 saturated carbocycles. The molecule has 0 aliphatic carbocycles. The molecule has 0 spiro atoms. The zero-order valence-corrected chi connectivity index (χ0v) is 8.50. The van der Waals surface area contributed by atoms with Crippen LogP contribution in [0, 0.1) is 6.92 Å². The summed E-state index contributed by atoms with van der Waals surface area (Å²) in [6.07, 6.45) is 1.22. The van der Waals surface area contributed by atoms with Crippen LogP contribution < -0.4 is 5.32 Å². The van der Waals surface area contributed by atoms with Crippen LogP contribution in [-0.4, -0.2) is 28.1 Å². The van der Waals surface area contributed by atoms with E-state index in [1.54, 1.807) is 20.8 Å². The van der Waals surface area contributed by atoms with Crippen LogP contribution in [0.15, 0.2) is 10.8 Å². The van der Waals surface area contributed by atoms with Crippen molar-refractivity contribution in [1.29, 1.82) is 0 Å². The van der Waals surface area contributed by atoms with Gasteiger partial charge in [-0.05, 0) is 20.8 Å². The lowest BCUT2D eigenvalue weighted by Gasteiger charge is -2.16. The van der Waals surface area contributed by atoms with E-state index in [-0.39, 0.29) is 18.2 Å². The van der Waals surface area contributed by atoms with Gasteiger partial charge in [0.1, 0.15) is 0 Å². The van der Waals surface area contributed by atoms with Crippen molar-refractivity contribution >= 4 is 5.91 Å². The van der Waals surface area contributed by atoms with Crippen molar-refractivity contribution in [3.8, 4) is 0 Å². The number of carbonyl (C=O) groups is 1. The first-order valence-corrected chi connectivity index (χ1v) is 4.31. The predicted molar refractivity (Wildman–Crippen MR) is 49.9 cm³/mol. The molecule has 14 heavy (non-hydrogen) atoms. The van der Waals surface area contributed by atoms with Crippen molar-refractivity contribution in [1.82, 2.24) is 10.3 Å². The minimum Gasteiger partial charge on any atom is -0.438 e. The normalized spacial score (nSPS) is 11.4. The first-order valence-electron chi connectivity index (χ1n) is 4.31. The summed E-state index contributed by atoms with van der Waals surface area (Å²) in [5, 5.41) is 11.9. The van der Waals surface area contributed by atoms with Crippen molar-refractivity contribution in [2.45, 2.75) is 26.4 Å². The minimum atomic E-state index is -0.927. The number of carbonyl (C=O) groups excluding carboxylic acids is 1. The lowest BCUT2D eigenvalue weighted by molar-refractivity contribution is 0.0680. The van der Waals surface area contributed by atoms with Crippen LogP contribution >= 0.6 is 0 Å². The monoisotopic (exact) mass is 198 g/mol. The number of oxazole rings is 1. The maximum absolute atomic E-state index is 11.4. The Morgan fingerprint density at radius 1 is 1.71 bits per heavy atom. The molecule has 0 radical (unpaired) electrons. The van der Waals surface area contributed by atoms with Crippen molar-refractivity contribution in [2.75, 3.05) is 6.54 Å². The van der Waals surface area contributed by atoms with Crippen LogP contribution in [0.3, 0.4) is 0 Å². The molecule has 0 fully saturated rings. The van der Waals surface area contributed by atoms with E-state index < -0.39 is 5.60 Å². The summed E-state index contributed by atoms with van der Waals surface area (Å²) in [6, 6.07) is 0. The van der Waals surface area contributed by atoms with E-state index in [0.29, 0.717) is 5.69 Å². The standard InChI is InChI=1S/C9H14N2O3/c1-6-7(14-5-11-6)8(12)10-4-9(2,3)13/h5,13H,4H2,1-3H3,(H,10,12). The fourth-order valence-corrected chi connectivity index (χ4v) is 0.897. The quantitative estimate of drug-likeness (QED) is 0.740. The SMILES string of the molecule is Cc1ncoc1C(=O)NCC(C)(C)O. The second kappa shape index (κ2) is 3.79. The van der Waals surface area contributed by atoms with Gasteiger partial charge in [-0.25, -0.2) is 4.98 Å². The number of aliphatic hydroxyl groups is 1. The fourth-order valence-electron chi connectivity index (χ4n) is 0.897. The van der Waals surface area contributed by atoms with Gasteiger partial charge in [-0.3, -0.25) is 4.79 Å². The molecule has 78 valence electrons. The average Bonchev–Trinajstić information content (AvgIpc) is 2.46. The molecule has 2 N–H and O–H groups in total. The van der Waals surface area contributed by atoms with E-state index in [4.69, 9.17) is 4.42 Å². The first kappa shape index (κ1) is 10.7. The molecule has 0 aromatic carbocycles. The third-order valence-corrected chi connectivity index (χ3v) is 1.63. The average molecular weight is 198 g/mol. The van der Waals surface area contributed by atoms with Gasteiger partial charge < -0.3 is 14.8 Å². The summed E-state index contributed by atoms with van der Waals surface area (Å²) in [5.74, 6) is -0.170. The molecule has 1 aromatic rings. The largest absolute Gasteiger partial charge is 0.438 e. The Bertz CT molecular complexity index is 325. The molecule has 0 atom stereocenters. The number of hydrogen-bond acceptors (Lipinski definition) is 4. The van der Waals surface area contributed by atoms with E-state index >= 15 is 0 Å². The lowest BCUT2D eigenvalue weighted by Crippen LogP contribution is -2.38. The third-order valence-electron chi connectivity index (χ3n) is 1.63. The van der Waals surface area contributed by atoms with Gasteiger partial charge in [0.25, 0.3) is 5.91 Å². The Labute approximate surface area is 82.1 Å². The lowest BCUT2D eigenvalue weighted by atomic mass is 10.1. The van der Waals surface area contributed by atoms with E-state index in [1.165, 1.54) is 6.39 Å². The second-order valence-electron chi connectivity index (χ2n) is 3.76. The molecule has 0 saturated heterocycles. The van der Waals surface area contributed by atoms with Crippen molar-refractivity contribution in [3.05, 3.63) is 17.8 Å². The topological polar surface area (TPSA) is 75.4 Å². The van der Waals surface area contributed by atoms with Crippen LogP contribution in [0.2, 0.25) is 0 Å². The van der Waals surface area contributed by atoms with Gasteiger partial charge in [0, 0.05) is 6.54 Å². The highest BCUT2D eigenvalue weighted by Crippen LogP contribution is 2.05. The Kier molecular flexibility index (Phi) is 2.90. The number of nitrogens with zero attached hydrogens (tertiary/aromatic N) is 1. The summed E-state index contributed by atoms with van der Waals surface area (Å²) in [5.41, 5.74) is -0.387. The van der Waals surface area contributed by atoms with Crippen LogP contribution in [0.25, 0.3) is 0 Å². The molecular weight excluding hydrogens is 184 g/mol. The summed E-state index contributed by atoms with van der Waals surface area (Å²) in [6.45, 7) is 5.08. The third kappa shape index (κ3) is 2.85. The van der Waals surface area contributed by atoms with Crippen LogP contribution in [0.4, 0.5) is 0 Å². The molecule has 0 aliphatic rings. The number of nitrogens with one attached hydrogen (secondary N) is 1. The van der Waals surface area contributed by atoms with Gasteiger partial charge in [-0.1, -0.05) is 0 Å². The maximum atomic E-state index is 11.4. The fraction of sp³-hybridized carbons (Fsp3) is 0.556. The number of aryl methyl sites for hydroxylation is 1. The van der Waals surface area contributed by atoms with Gasteiger partial charge in [0.05, 0.1) is 11.3 Å². The summed E-state index contributed by atoms with van der Waals surface area (Å²) < 4.78 is 4.89. The highest BCUT2D eigenvalue weighted by molar-refractivity contribution is 5.92. The van der Waals surface area contributed by atoms with Gasteiger partial charge in [0.2, 0.25) is 5.76 Å². The molecule has 5 nitrogen and oxygen atoms in total. The number of hydrogen-bond donors (Lipinski definition) is 2. The van der Waals surface area contributed by atoms with Gasteiger partial charge >= 0.3 is 0 Å². The summed E-state index contributed by atoms with van der Waals surface area (Å²) >= 11 is 0. The van der Waals surface area contributed by atoms with E-state index in [9.17, 15) is 9.90 Å². The second-order valence-corrected chi connectivity index (χ2v) is 3.76. The van der Waals surface area contributed by atoms with Crippen molar-refractivity contribution in [2.24, 2.45) is 0 Å². The Balaban J connectivity index is 2.56. The molecule has 0 aliphatic heterocycles. The summed E-state index contributed by atoms with van der Waals surface area (Å²) in [7, 11) is 0. The molecule has 0 unspecified atom stereocenters. The van der Waals surface area contributed by atoms with Crippen LogP contribution in [0.5, 0.6) is 0 Å². The zero-order chi connectivity index (χ0) is 10.8. The number of amides is 1. The molecule has 1 heterocycles.